The van der Waals surface area contributed by atoms with Gasteiger partial charge in [0.2, 0.25) is 0 Å². The second-order valence-electron chi connectivity index (χ2n) is 9.62. The summed E-state index contributed by atoms with van der Waals surface area (Å²) in [5, 5.41) is 11.2. The fraction of sp³-hybridized carbons (Fsp3) is 0.759. The van der Waals surface area contributed by atoms with E-state index in [1.165, 1.54) is 0 Å². The van der Waals surface area contributed by atoms with Crippen molar-refractivity contribution >= 4 is 11.8 Å². The highest BCUT2D eigenvalue weighted by Crippen LogP contribution is 2.17. The Morgan fingerprint density at radius 1 is 0.571 bits per heavy atom. The molecule has 0 saturated carbocycles. The van der Waals surface area contributed by atoms with Crippen LogP contribution >= 0.6 is 0 Å². The highest BCUT2D eigenvalue weighted by molar-refractivity contribution is 5.84. The van der Waals surface area contributed by atoms with Gasteiger partial charge in [-0.2, -0.15) is 0 Å². The van der Waals surface area contributed by atoms with Crippen LogP contribution in [0.2, 0.25) is 0 Å². The van der Waals surface area contributed by atoms with Gasteiger partial charge in [-0.05, 0) is 45.0 Å². The van der Waals surface area contributed by atoms with E-state index < -0.39 is 11.7 Å². The fourth-order valence-corrected chi connectivity index (χ4v) is 2.98. The average molecular weight is 606 g/mol. The molecule has 0 aliphatic rings. The van der Waals surface area contributed by atoms with E-state index in [-0.39, 0.29) is 6.61 Å². The molecule has 0 atom stereocenters. The largest absolute Gasteiger partial charge is 0.491 e. The first-order valence-corrected chi connectivity index (χ1v) is 14.4. The van der Waals surface area contributed by atoms with Crippen LogP contribution in [0.25, 0.3) is 0 Å². The molecule has 0 saturated heterocycles. The van der Waals surface area contributed by atoms with E-state index >= 15 is 0 Å². The van der Waals surface area contributed by atoms with Crippen molar-refractivity contribution in [3.8, 4) is 5.75 Å². The van der Waals surface area contributed by atoms with E-state index in [9.17, 15) is 4.79 Å². The van der Waals surface area contributed by atoms with Crippen molar-refractivity contribution in [1.29, 1.82) is 0 Å². The number of benzene rings is 1. The van der Waals surface area contributed by atoms with E-state index in [1.54, 1.807) is 24.3 Å². The number of hydrogen-bond donors (Lipinski definition) is 2. The third-order valence-corrected chi connectivity index (χ3v) is 4.84. The molecule has 42 heavy (non-hydrogen) atoms. The molecule has 0 aliphatic carbocycles. The Bertz CT molecular complexity index is 745. The SMILES string of the molecule is CC(C)(C)OC(=O)Nc1ccc(OCCOCCOCCOCCOCCOCCOCCOCCOCCO)cc1. The summed E-state index contributed by atoms with van der Waals surface area (Å²) in [6, 6.07) is 7.04. The molecule has 0 radical (unpaired) electrons. The van der Waals surface area contributed by atoms with Gasteiger partial charge in [0.25, 0.3) is 0 Å². The lowest BCUT2D eigenvalue weighted by Gasteiger charge is -2.19. The molecule has 244 valence electrons. The van der Waals surface area contributed by atoms with E-state index in [0.29, 0.717) is 124 Å². The van der Waals surface area contributed by atoms with Crippen molar-refractivity contribution in [2.75, 3.05) is 124 Å². The zero-order valence-electron chi connectivity index (χ0n) is 25.5. The van der Waals surface area contributed by atoms with Crippen molar-refractivity contribution < 1.29 is 57.3 Å². The zero-order valence-corrected chi connectivity index (χ0v) is 25.5. The lowest BCUT2D eigenvalue weighted by atomic mass is 10.2. The number of hydrogen-bond acceptors (Lipinski definition) is 12. The van der Waals surface area contributed by atoms with Crippen molar-refractivity contribution in [1.82, 2.24) is 0 Å². The van der Waals surface area contributed by atoms with Crippen molar-refractivity contribution in [3.63, 3.8) is 0 Å². The molecule has 2 N–H and O–H groups in total. The summed E-state index contributed by atoms with van der Waals surface area (Å²) in [6.07, 6.45) is -0.499. The summed E-state index contributed by atoms with van der Waals surface area (Å²) < 4.78 is 54.0. The molecule has 0 spiro atoms. The first-order chi connectivity index (χ1) is 20.4. The van der Waals surface area contributed by atoms with Crippen molar-refractivity contribution in [2.24, 2.45) is 0 Å². The minimum absolute atomic E-state index is 0.0216. The van der Waals surface area contributed by atoms with Gasteiger partial charge in [-0.25, -0.2) is 4.79 Å². The molecule has 0 aliphatic heterocycles. The molecule has 1 amide bonds. The van der Waals surface area contributed by atoms with Gasteiger partial charge < -0.3 is 52.5 Å². The van der Waals surface area contributed by atoms with Crippen LogP contribution in [0.5, 0.6) is 5.75 Å². The van der Waals surface area contributed by atoms with Gasteiger partial charge in [-0.3, -0.25) is 5.32 Å². The quantitative estimate of drug-likeness (QED) is 0.136. The van der Waals surface area contributed by atoms with Gasteiger partial charge in [-0.1, -0.05) is 0 Å². The molecule has 0 heterocycles. The number of amides is 1. The number of rotatable bonds is 28. The monoisotopic (exact) mass is 605 g/mol. The Hall–Kier alpha value is -2.07. The Morgan fingerprint density at radius 2 is 0.905 bits per heavy atom. The maximum atomic E-state index is 11.8. The van der Waals surface area contributed by atoms with Crippen molar-refractivity contribution in [3.05, 3.63) is 24.3 Å². The molecule has 0 aromatic heterocycles. The third-order valence-electron chi connectivity index (χ3n) is 4.84. The highest BCUT2D eigenvalue weighted by Gasteiger charge is 2.16. The third kappa shape index (κ3) is 25.6. The van der Waals surface area contributed by atoms with Crippen LogP contribution in [0, 0.1) is 0 Å². The molecule has 1 aromatic carbocycles. The number of ether oxygens (including phenoxy) is 10. The minimum atomic E-state index is -0.549. The Morgan fingerprint density at radius 3 is 1.24 bits per heavy atom. The van der Waals surface area contributed by atoms with Crippen LogP contribution in [0.15, 0.2) is 24.3 Å². The zero-order chi connectivity index (χ0) is 30.6. The van der Waals surface area contributed by atoms with Crippen LogP contribution in [-0.4, -0.2) is 136 Å². The van der Waals surface area contributed by atoms with E-state index in [4.69, 9.17) is 52.5 Å². The normalized spacial score (nSPS) is 11.5. The van der Waals surface area contributed by atoms with E-state index in [2.05, 4.69) is 5.32 Å². The van der Waals surface area contributed by atoms with Gasteiger partial charge >= 0.3 is 6.09 Å². The van der Waals surface area contributed by atoms with Crippen LogP contribution in [0.4, 0.5) is 10.5 Å². The maximum Gasteiger partial charge on any atom is 0.412 e. The number of nitrogens with one attached hydrogen (secondary N) is 1. The fourth-order valence-electron chi connectivity index (χ4n) is 2.98. The van der Waals surface area contributed by atoms with Crippen LogP contribution < -0.4 is 10.1 Å². The predicted octanol–water partition coefficient (Wildman–Crippen LogP) is 2.54. The summed E-state index contributed by atoms with van der Waals surface area (Å²) in [5.74, 6) is 0.680. The van der Waals surface area contributed by atoms with Crippen LogP contribution in [0.1, 0.15) is 20.8 Å². The minimum Gasteiger partial charge on any atom is -0.491 e. The molecule has 0 bridgehead atoms. The van der Waals surface area contributed by atoms with Crippen molar-refractivity contribution in [2.45, 2.75) is 26.4 Å². The average Bonchev–Trinajstić information content (AvgIpc) is 2.94. The lowest BCUT2D eigenvalue weighted by Crippen LogP contribution is -2.27. The second-order valence-corrected chi connectivity index (χ2v) is 9.62. The summed E-state index contributed by atoms with van der Waals surface area (Å²) >= 11 is 0. The molecule has 0 unspecified atom stereocenters. The van der Waals surface area contributed by atoms with E-state index in [1.807, 2.05) is 20.8 Å². The Kier molecular flexibility index (Phi) is 24.0. The molecule has 0 fully saturated rings. The Labute approximate surface area is 249 Å². The van der Waals surface area contributed by atoms with Gasteiger partial charge in [-0.15, -0.1) is 0 Å². The summed E-state index contributed by atoms with van der Waals surface area (Å²) in [7, 11) is 0. The Balaban J connectivity index is 1.77. The summed E-state index contributed by atoms with van der Waals surface area (Å²) in [6.45, 7) is 13.4. The number of aliphatic hydroxyl groups is 1. The first kappa shape index (κ1) is 38.0. The van der Waals surface area contributed by atoms with Gasteiger partial charge in [0.1, 0.15) is 18.0 Å². The topological polar surface area (TPSA) is 142 Å². The standard InChI is InChI=1S/C29H51NO12/c1-29(2,3)42-28(32)30-26-4-6-27(7-5-26)41-25-24-40-23-22-39-21-20-38-19-18-37-17-16-36-15-14-35-13-12-34-11-10-33-9-8-31/h4-7,31H,8-25H2,1-3H3,(H,30,32). The summed E-state index contributed by atoms with van der Waals surface area (Å²) in [4.78, 5) is 11.8. The molecular weight excluding hydrogens is 554 g/mol. The maximum absolute atomic E-state index is 11.8. The van der Waals surface area contributed by atoms with Gasteiger partial charge in [0, 0.05) is 5.69 Å². The highest BCUT2D eigenvalue weighted by atomic mass is 16.6. The van der Waals surface area contributed by atoms with Crippen LogP contribution in [-0.2, 0) is 42.6 Å². The first-order valence-electron chi connectivity index (χ1n) is 14.4. The predicted molar refractivity (Wildman–Crippen MR) is 155 cm³/mol. The number of carbonyl (C=O) groups excluding carboxylic acids is 1. The molecule has 1 aromatic rings. The van der Waals surface area contributed by atoms with Gasteiger partial charge in [0.05, 0.1) is 112 Å². The summed E-state index contributed by atoms with van der Waals surface area (Å²) in [5.41, 5.74) is 0.0782. The van der Waals surface area contributed by atoms with Gasteiger partial charge in [0.15, 0.2) is 0 Å². The number of carbonyl (C=O) groups is 1. The second kappa shape index (κ2) is 26.5. The number of anilines is 1. The van der Waals surface area contributed by atoms with E-state index in [0.717, 1.165) is 0 Å². The molecular formula is C29H51NO12. The molecule has 1 rings (SSSR count). The molecule has 13 heteroatoms. The number of aliphatic hydroxyl groups excluding tert-OH is 1. The smallest absolute Gasteiger partial charge is 0.412 e. The van der Waals surface area contributed by atoms with Crippen LogP contribution in [0.3, 0.4) is 0 Å². The molecule has 13 nitrogen and oxygen atoms in total. The lowest BCUT2D eigenvalue weighted by molar-refractivity contribution is -0.0242.